The second-order valence-electron chi connectivity index (χ2n) is 4.07. The Bertz CT molecular complexity index is 336. The minimum Gasteiger partial charge on any atom is -0.494 e. The highest BCUT2D eigenvalue weighted by Gasteiger charge is 2.15. The van der Waals surface area contributed by atoms with Crippen LogP contribution in [0, 0.1) is 12.8 Å². The van der Waals surface area contributed by atoms with Crippen molar-refractivity contribution in [3.05, 3.63) is 28.8 Å². The third-order valence-electron chi connectivity index (χ3n) is 2.79. The van der Waals surface area contributed by atoms with Crippen LogP contribution < -0.4 is 10.1 Å². The quantitative estimate of drug-likeness (QED) is 0.851. The highest BCUT2D eigenvalue weighted by molar-refractivity contribution is 6.31. The van der Waals surface area contributed by atoms with E-state index in [0.717, 1.165) is 48.4 Å². The maximum Gasteiger partial charge on any atom is 0.119 e. The van der Waals surface area contributed by atoms with E-state index in [1.807, 2.05) is 25.1 Å². The number of hydrogen-bond acceptors (Lipinski definition) is 2. The maximum atomic E-state index is 5.93. The first-order valence-corrected chi connectivity index (χ1v) is 5.73. The van der Waals surface area contributed by atoms with Crippen LogP contribution in [-0.4, -0.2) is 19.7 Å². The minimum absolute atomic E-state index is 0.797. The van der Waals surface area contributed by atoms with Gasteiger partial charge in [0.15, 0.2) is 0 Å². The lowest BCUT2D eigenvalue weighted by atomic mass is 10.0. The van der Waals surface area contributed by atoms with Gasteiger partial charge in [0.05, 0.1) is 6.61 Å². The van der Waals surface area contributed by atoms with E-state index in [0.29, 0.717) is 0 Å². The fraction of sp³-hybridized carbons (Fsp3) is 0.500. The molecular weight excluding hydrogens is 210 g/mol. The van der Waals surface area contributed by atoms with Crippen molar-refractivity contribution in [1.29, 1.82) is 0 Å². The van der Waals surface area contributed by atoms with E-state index >= 15 is 0 Å². The molecule has 0 amide bonds. The highest BCUT2D eigenvalue weighted by atomic mass is 35.5. The standard InChI is InChI=1S/C12H16ClNO/c1-9-6-11(2-3-12(9)13)15-5-4-10-7-14-8-10/h2-3,6,10,14H,4-5,7-8H2,1H3. The third-order valence-corrected chi connectivity index (χ3v) is 3.21. The molecular formula is C12H16ClNO. The minimum atomic E-state index is 0.797. The van der Waals surface area contributed by atoms with Crippen LogP contribution in [0.3, 0.4) is 0 Å². The lowest BCUT2D eigenvalue weighted by Gasteiger charge is -2.26. The Morgan fingerprint density at radius 2 is 2.27 bits per heavy atom. The largest absolute Gasteiger partial charge is 0.494 e. The molecule has 15 heavy (non-hydrogen) atoms. The van der Waals surface area contributed by atoms with Crippen molar-refractivity contribution in [1.82, 2.24) is 5.32 Å². The average molecular weight is 226 g/mol. The normalized spacial score (nSPS) is 16.1. The van der Waals surface area contributed by atoms with E-state index in [-0.39, 0.29) is 0 Å². The first-order valence-electron chi connectivity index (χ1n) is 5.35. The Morgan fingerprint density at radius 1 is 1.47 bits per heavy atom. The molecule has 82 valence electrons. The van der Waals surface area contributed by atoms with E-state index in [1.165, 1.54) is 0 Å². The molecule has 0 radical (unpaired) electrons. The topological polar surface area (TPSA) is 21.3 Å². The molecule has 2 rings (SSSR count). The molecule has 0 unspecified atom stereocenters. The van der Waals surface area contributed by atoms with Crippen molar-refractivity contribution in [2.75, 3.05) is 19.7 Å². The second-order valence-corrected chi connectivity index (χ2v) is 4.48. The van der Waals surface area contributed by atoms with E-state index < -0.39 is 0 Å². The maximum absolute atomic E-state index is 5.93. The summed E-state index contributed by atoms with van der Waals surface area (Å²) in [6.07, 6.45) is 1.13. The molecule has 0 atom stereocenters. The fourth-order valence-electron chi connectivity index (χ4n) is 1.60. The molecule has 1 fully saturated rings. The monoisotopic (exact) mass is 225 g/mol. The number of benzene rings is 1. The lowest BCUT2D eigenvalue weighted by Crippen LogP contribution is -2.42. The smallest absolute Gasteiger partial charge is 0.119 e. The van der Waals surface area contributed by atoms with Gasteiger partial charge in [-0.2, -0.15) is 0 Å². The first-order chi connectivity index (χ1) is 7.25. The molecule has 1 saturated heterocycles. The van der Waals surface area contributed by atoms with Crippen LogP contribution in [0.4, 0.5) is 0 Å². The molecule has 2 nitrogen and oxygen atoms in total. The molecule has 1 N–H and O–H groups in total. The molecule has 0 spiro atoms. The predicted molar refractivity (Wildman–Crippen MR) is 62.7 cm³/mol. The Morgan fingerprint density at radius 3 is 2.87 bits per heavy atom. The van der Waals surface area contributed by atoms with Gasteiger partial charge in [-0.15, -0.1) is 0 Å². The van der Waals surface area contributed by atoms with Gasteiger partial charge in [-0.05, 0) is 56.1 Å². The first kappa shape index (κ1) is 10.8. The van der Waals surface area contributed by atoms with Crippen LogP contribution in [0.5, 0.6) is 5.75 Å². The second kappa shape index (κ2) is 4.86. The van der Waals surface area contributed by atoms with Crippen LogP contribution in [0.1, 0.15) is 12.0 Å². The molecule has 3 heteroatoms. The molecule has 0 saturated carbocycles. The average Bonchev–Trinajstić information content (AvgIpc) is 2.15. The van der Waals surface area contributed by atoms with Crippen LogP contribution in [0.15, 0.2) is 18.2 Å². The van der Waals surface area contributed by atoms with Gasteiger partial charge in [-0.3, -0.25) is 0 Å². The Balaban J connectivity index is 1.79. The van der Waals surface area contributed by atoms with Crippen LogP contribution in [0.2, 0.25) is 5.02 Å². The summed E-state index contributed by atoms with van der Waals surface area (Å²) in [6.45, 7) is 5.07. The highest BCUT2D eigenvalue weighted by Crippen LogP contribution is 2.21. The Labute approximate surface area is 95.6 Å². The zero-order chi connectivity index (χ0) is 10.7. The van der Waals surface area contributed by atoms with Gasteiger partial charge in [0.25, 0.3) is 0 Å². The molecule has 1 aromatic rings. The summed E-state index contributed by atoms with van der Waals surface area (Å²) in [5.41, 5.74) is 1.07. The summed E-state index contributed by atoms with van der Waals surface area (Å²) in [5.74, 6) is 1.72. The Kier molecular flexibility index (Phi) is 3.49. The lowest BCUT2D eigenvalue weighted by molar-refractivity contribution is 0.238. The summed E-state index contributed by atoms with van der Waals surface area (Å²) < 4.78 is 5.66. The summed E-state index contributed by atoms with van der Waals surface area (Å²) in [4.78, 5) is 0. The number of ether oxygens (including phenoxy) is 1. The van der Waals surface area contributed by atoms with Crippen molar-refractivity contribution in [3.8, 4) is 5.75 Å². The summed E-state index contributed by atoms with van der Waals surface area (Å²) in [5, 5.41) is 4.05. The van der Waals surface area contributed by atoms with Crippen LogP contribution in [0.25, 0.3) is 0 Å². The summed E-state index contributed by atoms with van der Waals surface area (Å²) >= 11 is 5.93. The van der Waals surface area contributed by atoms with Gasteiger partial charge in [-0.1, -0.05) is 11.6 Å². The number of hydrogen-bond donors (Lipinski definition) is 1. The number of nitrogens with one attached hydrogen (secondary N) is 1. The molecule has 1 aliphatic heterocycles. The summed E-state index contributed by atoms with van der Waals surface area (Å²) in [6, 6.07) is 5.80. The van der Waals surface area contributed by atoms with Gasteiger partial charge in [0, 0.05) is 5.02 Å². The van der Waals surface area contributed by atoms with E-state index in [9.17, 15) is 0 Å². The van der Waals surface area contributed by atoms with Crippen LogP contribution in [-0.2, 0) is 0 Å². The summed E-state index contributed by atoms with van der Waals surface area (Å²) in [7, 11) is 0. The van der Waals surface area contributed by atoms with Gasteiger partial charge >= 0.3 is 0 Å². The zero-order valence-corrected chi connectivity index (χ0v) is 9.68. The van der Waals surface area contributed by atoms with Gasteiger partial charge < -0.3 is 10.1 Å². The number of aryl methyl sites for hydroxylation is 1. The fourth-order valence-corrected chi connectivity index (χ4v) is 1.72. The predicted octanol–water partition coefficient (Wildman–Crippen LogP) is 2.64. The number of halogens is 1. The SMILES string of the molecule is Cc1cc(OCCC2CNC2)ccc1Cl. The molecule has 0 aliphatic carbocycles. The van der Waals surface area contributed by atoms with Crippen molar-refractivity contribution in [2.45, 2.75) is 13.3 Å². The van der Waals surface area contributed by atoms with E-state index in [4.69, 9.17) is 16.3 Å². The van der Waals surface area contributed by atoms with E-state index in [1.54, 1.807) is 0 Å². The number of rotatable bonds is 4. The van der Waals surface area contributed by atoms with Crippen molar-refractivity contribution in [2.24, 2.45) is 5.92 Å². The van der Waals surface area contributed by atoms with Crippen molar-refractivity contribution in [3.63, 3.8) is 0 Å². The third kappa shape index (κ3) is 2.86. The molecule has 1 heterocycles. The molecule has 1 aromatic carbocycles. The van der Waals surface area contributed by atoms with Crippen LogP contribution >= 0.6 is 11.6 Å². The Hall–Kier alpha value is -0.730. The van der Waals surface area contributed by atoms with Crippen molar-refractivity contribution < 1.29 is 4.74 Å². The van der Waals surface area contributed by atoms with Gasteiger partial charge in [-0.25, -0.2) is 0 Å². The van der Waals surface area contributed by atoms with Crippen molar-refractivity contribution >= 4 is 11.6 Å². The van der Waals surface area contributed by atoms with Gasteiger partial charge in [0.1, 0.15) is 5.75 Å². The molecule has 0 aromatic heterocycles. The zero-order valence-electron chi connectivity index (χ0n) is 8.92. The van der Waals surface area contributed by atoms with Gasteiger partial charge in [0.2, 0.25) is 0 Å². The molecule has 1 aliphatic rings. The molecule has 0 bridgehead atoms. The van der Waals surface area contributed by atoms with E-state index in [2.05, 4.69) is 5.32 Å².